The number of aliphatic hydroxyl groups is 1. The maximum Gasteiger partial charge on any atom is 0.136 e. The summed E-state index contributed by atoms with van der Waals surface area (Å²) in [5.41, 5.74) is 4.71. The van der Waals surface area contributed by atoms with Crippen LogP contribution in [0.15, 0.2) is 23.1 Å². The largest absolute Gasteiger partial charge is 0.497 e. The van der Waals surface area contributed by atoms with E-state index in [1.807, 2.05) is 12.1 Å². The van der Waals surface area contributed by atoms with Crippen LogP contribution in [0.5, 0.6) is 11.5 Å². The molecule has 0 radical (unpaired) electrons. The number of thioether (sulfide) groups is 1. The van der Waals surface area contributed by atoms with Crippen LogP contribution in [-0.2, 0) is 0 Å². The Morgan fingerprint density at radius 1 is 1.40 bits per heavy atom. The highest BCUT2D eigenvalue weighted by atomic mass is 32.2. The van der Waals surface area contributed by atoms with Crippen molar-refractivity contribution in [3.8, 4) is 11.5 Å². The van der Waals surface area contributed by atoms with Crippen molar-refractivity contribution in [2.45, 2.75) is 10.3 Å². The van der Waals surface area contributed by atoms with Crippen molar-refractivity contribution in [3.05, 3.63) is 18.2 Å². The van der Waals surface area contributed by atoms with E-state index in [4.69, 9.17) is 15.2 Å². The minimum absolute atomic E-state index is 0.208. The summed E-state index contributed by atoms with van der Waals surface area (Å²) in [5.74, 6) is 1.39. The lowest BCUT2D eigenvalue weighted by Crippen LogP contribution is -2.15. The topological polar surface area (TPSA) is 64.7 Å². The van der Waals surface area contributed by atoms with Crippen LogP contribution < -0.4 is 15.2 Å². The van der Waals surface area contributed by atoms with Crippen LogP contribution in [0, 0.1) is 0 Å². The summed E-state index contributed by atoms with van der Waals surface area (Å²) in [5, 5.41) is 9.41. The number of rotatable bonds is 5. The van der Waals surface area contributed by atoms with Gasteiger partial charge in [-0.05, 0) is 12.1 Å². The number of aliphatic hydroxyl groups excluding tert-OH is 1. The van der Waals surface area contributed by atoms with Gasteiger partial charge in [-0.3, -0.25) is 0 Å². The molecule has 84 valence electrons. The van der Waals surface area contributed by atoms with Crippen LogP contribution in [-0.4, -0.2) is 31.3 Å². The molecule has 15 heavy (non-hydrogen) atoms. The van der Waals surface area contributed by atoms with Gasteiger partial charge in [-0.1, -0.05) is 11.8 Å². The van der Waals surface area contributed by atoms with Gasteiger partial charge in [0.25, 0.3) is 0 Å². The monoisotopic (exact) mass is 229 g/mol. The molecule has 0 bridgehead atoms. The molecule has 0 aliphatic rings. The van der Waals surface area contributed by atoms with Crippen LogP contribution in [0.25, 0.3) is 0 Å². The Labute approximate surface area is 93.4 Å². The van der Waals surface area contributed by atoms with Crippen molar-refractivity contribution in [2.24, 2.45) is 5.73 Å². The third kappa shape index (κ3) is 3.30. The molecule has 0 amide bonds. The van der Waals surface area contributed by atoms with E-state index in [0.29, 0.717) is 5.75 Å². The molecule has 0 aromatic heterocycles. The zero-order valence-corrected chi connectivity index (χ0v) is 9.58. The van der Waals surface area contributed by atoms with E-state index < -0.39 is 5.44 Å². The molecule has 1 atom stereocenters. The maximum atomic E-state index is 9.41. The summed E-state index contributed by atoms with van der Waals surface area (Å²) in [4.78, 5) is 0.844. The summed E-state index contributed by atoms with van der Waals surface area (Å²) in [6, 6.07) is 5.42. The van der Waals surface area contributed by atoms with E-state index in [1.165, 1.54) is 11.8 Å². The molecule has 3 N–H and O–H groups in total. The summed E-state index contributed by atoms with van der Waals surface area (Å²) >= 11 is 1.26. The van der Waals surface area contributed by atoms with Crippen LogP contribution >= 0.6 is 11.8 Å². The van der Waals surface area contributed by atoms with Crippen molar-refractivity contribution in [1.82, 2.24) is 0 Å². The quantitative estimate of drug-likeness (QED) is 0.584. The Kier molecular flexibility index (Phi) is 4.74. The number of nitrogens with two attached hydrogens (primary N) is 1. The Bertz CT molecular complexity index is 320. The molecule has 1 aromatic carbocycles. The average Bonchev–Trinajstić information content (AvgIpc) is 2.29. The molecule has 0 fully saturated rings. The molecule has 0 aliphatic carbocycles. The van der Waals surface area contributed by atoms with E-state index in [0.717, 1.165) is 10.6 Å². The minimum Gasteiger partial charge on any atom is -0.497 e. The van der Waals surface area contributed by atoms with E-state index in [2.05, 4.69) is 0 Å². The Morgan fingerprint density at radius 2 is 2.13 bits per heavy atom. The van der Waals surface area contributed by atoms with Gasteiger partial charge in [-0.2, -0.15) is 0 Å². The second kappa shape index (κ2) is 5.85. The van der Waals surface area contributed by atoms with Gasteiger partial charge in [0.05, 0.1) is 19.1 Å². The molecule has 1 unspecified atom stereocenters. The molecule has 0 heterocycles. The fourth-order valence-electron chi connectivity index (χ4n) is 1.07. The first-order chi connectivity index (χ1) is 7.21. The van der Waals surface area contributed by atoms with Crippen LogP contribution in [0.2, 0.25) is 0 Å². The Hall–Kier alpha value is -0.910. The normalized spacial score (nSPS) is 12.3. The van der Waals surface area contributed by atoms with Gasteiger partial charge >= 0.3 is 0 Å². The lowest BCUT2D eigenvalue weighted by atomic mass is 10.3. The number of benzene rings is 1. The first-order valence-corrected chi connectivity index (χ1v) is 5.36. The smallest absolute Gasteiger partial charge is 0.136 e. The highest BCUT2D eigenvalue weighted by molar-refractivity contribution is 7.99. The zero-order chi connectivity index (χ0) is 11.3. The summed E-state index contributed by atoms with van der Waals surface area (Å²) in [6.45, 7) is 0.208. The van der Waals surface area contributed by atoms with Crippen molar-refractivity contribution in [1.29, 1.82) is 0 Å². The molecule has 4 nitrogen and oxygen atoms in total. The number of ether oxygens (including phenoxy) is 2. The standard InChI is InChI=1S/C10H15NO3S/c1-13-7-3-4-9(8(5-7)14-2)15-10(12)6-11/h3-5,10,12H,6,11H2,1-2H3. The predicted molar refractivity (Wildman–Crippen MR) is 60.5 cm³/mol. The van der Waals surface area contributed by atoms with Crippen LogP contribution in [0.3, 0.4) is 0 Å². The molecular formula is C10H15NO3S. The summed E-state index contributed by atoms with van der Waals surface area (Å²) in [7, 11) is 3.17. The van der Waals surface area contributed by atoms with E-state index >= 15 is 0 Å². The van der Waals surface area contributed by atoms with Crippen LogP contribution in [0.4, 0.5) is 0 Å². The van der Waals surface area contributed by atoms with Gasteiger partial charge in [-0.25, -0.2) is 0 Å². The SMILES string of the molecule is COc1ccc(SC(O)CN)c(OC)c1. The Morgan fingerprint density at radius 3 is 2.67 bits per heavy atom. The number of methoxy groups -OCH3 is 2. The van der Waals surface area contributed by atoms with Crippen molar-refractivity contribution in [2.75, 3.05) is 20.8 Å². The third-order valence-electron chi connectivity index (χ3n) is 1.84. The Balaban J connectivity index is 2.87. The molecule has 0 aliphatic heterocycles. The van der Waals surface area contributed by atoms with Gasteiger partial charge in [0.15, 0.2) is 0 Å². The van der Waals surface area contributed by atoms with Crippen molar-refractivity contribution < 1.29 is 14.6 Å². The zero-order valence-electron chi connectivity index (χ0n) is 8.77. The highest BCUT2D eigenvalue weighted by Crippen LogP contribution is 2.34. The number of hydrogen-bond acceptors (Lipinski definition) is 5. The lowest BCUT2D eigenvalue weighted by Gasteiger charge is -2.12. The highest BCUT2D eigenvalue weighted by Gasteiger charge is 2.09. The first-order valence-electron chi connectivity index (χ1n) is 4.48. The summed E-state index contributed by atoms with van der Waals surface area (Å²) in [6.07, 6.45) is 0. The molecule has 0 saturated heterocycles. The lowest BCUT2D eigenvalue weighted by molar-refractivity contribution is 0.271. The second-order valence-corrected chi connectivity index (χ2v) is 4.04. The van der Waals surface area contributed by atoms with Crippen molar-refractivity contribution >= 4 is 11.8 Å². The first kappa shape index (κ1) is 12.2. The maximum absolute atomic E-state index is 9.41. The number of hydrogen-bond donors (Lipinski definition) is 2. The molecule has 1 rings (SSSR count). The van der Waals surface area contributed by atoms with Gasteiger partial charge in [0.2, 0.25) is 0 Å². The van der Waals surface area contributed by atoms with Crippen LogP contribution in [0.1, 0.15) is 0 Å². The molecule has 0 saturated carbocycles. The van der Waals surface area contributed by atoms with Gasteiger partial charge in [0.1, 0.15) is 16.9 Å². The fraction of sp³-hybridized carbons (Fsp3) is 0.400. The molecular weight excluding hydrogens is 214 g/mol. The van der Waals surface area contributed by atoms with Gasteiger partial charge in [0, 0.05) is 12.6 Å². The molecule has 1 aromatic rings. The summed E-state index contributed by atoms with van der Waals surface area (Å²) < 4.78 is 10.2. The second-order valence-electron chi connectivity index (χ2n) is 2.82. The van der Waals surface area contributed by atoms with E-state index in [1.54, 1.807) is 20.3 Å². The van der Waals surface area contributed by atoms with Crippen molar-refractivity contribution in [3.63, 3.8) is 0 Å². The average molecular weight is 229 g/mol. The third-order valence-corrected chi connectivity index (χ3v) is 2.89. The van der Waals surface area contributed by atoms with Gasteiger partial charge < -0.3 is 20.3 Å². The van der Waals surface area contributed by atoms with E-state index in [-0.39, 0.29) is 6.54 Å². The van der Waals surface area contributed by atoms with E-state index in [9.17, 15) is 5.11 Å². The molecule has 0 spiro atoms. The minimum atomic E-state index is -0.618. The molecule has 5 heteroatoms. The predicted octanol–water partition coefficient (Wildman–Crippen LogP) is 1.07. The van der Waals surface area contributed by atoms with Gasteiger partial charge in [-0.15, -0.1) is 0 Å². The fourth-order valence-corrected chi connectivity index (χ4v) is 1.86.